The van der Waals surface area contributed by atoms with Crippen LogP contribution in [-0.2, 0) is 6.54 Å². The lowest BCUT2D eigenvalue weighted by Gasteiger charge is -1.91. The first-order chi connectivity index (χ1) is 5.92. The predicted octanol–water partition coefficient (Wildman–Crippen LogP) is 1.87. The van der Waals surface area contributed by atoms with Crippen molar-refractivity contribution in [2.45, 2.75) is 19.9 Å². The van der Waals surface area contributed by atoms with Gasteiger partial charge in [0.1, 0.15) is 0 Å². The van der Waals surface area contributed by atoms with Crippen LogP contribution in [0.25, 0.3) is 11.0 Å². The Morgan fingerprint density at radius 3 is 3.00 bits per heavy atom. The molecule has 0 saturated carbocycles. The molecule has 2 rings (SSSR count). The Bertz CT molecular complexity index is 376. The SMILES string of the molecule is CCC[n+]1c[nH]c2ccccc21. The summed E-state index contributed by atoms with van der Waals surface area (Å²) in [7, 11) is 0. The zero-order valence-electron chi connectivity index (χ0n) is 7.25. The molecule has 2 heteroatoms. The van der Waals surface area contributed by atoms with Crippen molar-refractivity contribution in [3.63, 3.8) is 0 Å². The van der Waals surface area contributed by atoms with Gasteiger partial charge in [-0.3, -0.25) is 0 Å². The number of nitrogens with one attached hydrogen (secondary N) is 1. The van der Waals surface area contributed by atoms with Gasteiger partial charge in [-0.2, -0.15) is 0 Å². The minimum absolute atomic E-state index is 1.09. The number of hydrogen-bond acceptors (Lipinski definition) is 0. The Hall–Kier alpha value is -1.31. The van der Waals surface area contributed by atoms with Gasteiger partial charge < -0.3 is 0 Å². The van der Waals surface area contributed by atoms with Gasteiger partial charge in [-0.15, -0.1) is 0 Å². The zero-order valence-corrected chi connectivity index (χ0v) is 7.25. The van der Waals surface area contributed by atoms with Crippen molar-refractivity contribution in [2.24, 2.45) is 0 Å². The molecule has 0 unspecified atom stereocenters. The zero-order chi connectivity index (χ0) is 8.39. The number of rotatable bonds is 2. The standard InChI is InChI=1S/C10H12N2/c1-2-7-12-8-11-9-5-3-4-6-10(9)12/h3-6,8H,2,7H2,1H3/p+1. The molecule has 0 fully saturated rings. The number of benzene rings is 1. The summed E-state index contributed by atoms with van der Waals surface area (Å²) < 4.78 is 2.25. The number of nitrogens with zero attached hydrogens (tertiary/aromatic N) is 1. The Kier molecular flexibility index (Phi) is 1.82. The fourth-order valence-corrected chi connectivity index (χ4v) is 1.49. The first-order valence-electron chi connectivity index (χ1n) is 4.37. The Balaban J connectivity index is 2.55. The second kappa shape index (κ2) is 2.97. The van der Waals surface area contributed by atoms with Gasteiger partial charge in [-0.1, -0.05) is 19.1 Å². The number of para-hydroxylation sites is 2. The van der Waals surface area contributed by atoms with Gasteiger partial charge in [0, 0.05) is 0 Å². The number of aromatic nitrogens is 2. The van der Waals surface area contributed by atoms with E-state index in [0.29, 0.717) is 0 Å². The average molecular weight is 161 g/mol. The van der Waals surface area contributed by atoms with Crippen LogP contribution in [0.15, 0.2) is 30.6 Å². The second-order valence-electron chi connectivity index (χ2n) is 2.98. The molecule has 0 radical (unpaired) electrons. The highest BCUT2D eigenvalue weighted by atomic mass is 15.0. The molecule has 2 aromatic rings. The number of aryl methyl sites for hydroxylation is 1. The van der Waals surface area contributed by atoms with Gasteiger partial charge in [0.05, 0.1) is 6.54 Å². The van der Waals surface area contributed by atoms with Crippen LogP contribution < -0.4 is 4.57 Å². The molecule has 0 saturated heterocycles. The maximum atomic E-state index is 3.24. The third-order valence-electron chi connectivity index (χ3n) is 2.05. The van der Waals surface area contributed by atoms with E-state index >= 15 is 0 Å². The van der Waals surface area contributed by atoms with Crippen LogP contribution in [0.3, 0.4) is 0 Å². The molecule has 1 heterocycles. The summed E-state index contributed by atoms with van der Waals surface area (Å²) in [5.74, 6) is 0. The van der Waals surface area contributed by atoms with E-state index < -0.39 is 0 Å². The predicted molar refractivity (Wildman–Crippen MR) is 48.8 cm³/mol. The molecule has 0 amide bonds. The lowest BCUT2D eigenvalue weighted by molar-refractivity contribution is -0.671. The van der Waals surface area contributed by atoms with Crippen molar-refractivity contribution in [3.05, 3.63) is 30.6 Å². The van der Waals surface area contributed by atoms with Gasteiger partial charge in [0.25, 0.3) is 0 Å². The van der Waals surface area contributed by atoms with Crippen molar-refractivity contribution in [1.29, 1.82) is 0 Å². The number of fused-ring (bicyclic) bond motifs is 1. The van der Waals surface area contributed by atoms with Gasteiger partial charge >= 0.3 is 0 Å². The molecule has 1 aromatic heterocycles. The lowest BCUT2D eigenvalue weighted by Crippen LogP contribution is -2.31. The first kappa shape index (κ1) is 7.35. The average Bonchev–Trinajstić information content (AvgIpc) is 2.50. The summed E-state index contributed by atoms with van der Waals surface area (Å²) in [5, 5.41) is 0. The van der Waals surface area contributed by atoms with E-state index in [9.17, 15) is 0 Å². The monoisotopic (exact) mass is 161 g/mol. The van der Waals surface area contributed by atoms with Crippen LogP contribution in [0.1, 0.15) is 13.3 Å². The topological polar surface area (TPSA) is 19.7 Å². The van der Waals surface area contributed by atoms with Gasteiger partial charge in [-0.25, -0.2) is 9.55 Å². The highest BCUT2D eigenvalue weighted by Gasteiger charge is 2.05. The molecule has 0 bridgehead atoms. The molecule has 1 N–H and O–H groups in total. The van der Waals surface area contributed by atoms with E-state index in [1.54, 1.807) is 0 Å². The molecule has 0 aliphatic rings. The minimum atomic E-state index is 1.09. The van der Waals surface area contributed by atoms with Crippen LogP contribution >= 0.6 is 0 Å². The molecule has 62 valence electrons. The van der Waals surface area contributed by atoms with E-state index in [1.165, 1.54) is 17.5 Å². The smallest absolute Gasteiger partial charge is 0.242 e. The number of aromatic amines is 1. The van der Waals surface area contributed by atoms with Crippen LogP contribution in [0.5, 0.6) is 0 Å². The lowest BCUT2D eigenvalue weighted by atomic mass is 10.3. The molecule has 2 nitrogen and oxygen atoms in total. The highest BCUT2D eigenvalue weighted by Crippen LogP contribution is 2.05. The van der Waals surface area contributed by atoms with Gasteiger partial charge in [-0.05, 0) is 18.6 Å². The summed E-state index contributed by atoms with van der Waals surface area (Å²) >= 11 is 0. The Labute approximate surface area is 71.8 Å². The summed E-state index contributed by atoms with van der Waals surface area (Å²) in [4.78, 5) is 3.24. The number of hydrogen-bond donors (Lipinski definition) is 1. The fraction of sp³-hybridized carbons (Fsp3) is 0.300. The summed E-state index contributed by atoms with van der Waals surface area (Å²) in [6.07, 6.45) is 3.21. The van der Waals surface area contributed by atoms with E-state index in [-0.39, 0.29) is 0 Å². The summed E-state index contributed by atoms with van der Waals surface area (Å²) in [6, 6.07) is 8.36. The maximum Gasteiger partial charge on any atom is 0.242 e. The van der Waals surface area contributed by atoms with Crippen LogP contribution in [0.2, 0.25) is 0 Å². The molecule has 12 heavy (non-hydrogen) atoms. The molecule has 0 spiro atoms. The number of H-pyrrole nitrogens is 1. The minimum Gasteiger partial charge on any atom is -0.243 e. The molecular weight excluding hydrogens is 148 g/mol. The van der Waals surface area contributed by atoms with Crippen LogP contribution in [0, 0.1) is 0 Å². The van der Waals surface area contributed by atoms with Gasteiger partial charge in [0.15, 0.2) is 11.0 Å². The Morgan fingerprint density at radius 2 is 2.17 bits per heavy atom. The van der Waals surface area contributed by atoms with E-state index in [2.05, 4.69) is 40.7 Å². The highest BCUT2D eigenvalue weighted by molar-refractivity contribution is 5.70. The largest absolute Gasteiger partial charge is 0.243 e. The van der Waals surface area contributed by atoms with E-state index in [1.807, 2.05) is 6.33 Å². The summed E-state index contributed by atoms with van der Waals surface area (Å²) in [6.45, 7) is 3.28. The van der Waals surface area contributed by atoms with E-state index in [4.69, 9.17) is 0 Å². The molecule has 0 aliphatic heterocycles. The van der Waals surface area contributed by atoms with Crippen molar-refractivity contribution < 1.29 is 4.57 Å². The van der Waals surface area contributed by atoms with Crippen molar-refractivity contribution >= 4 is 11.0 Å². The van der Waals surface area contributed by atoms with Crippen molar-refractivity contribution in [2.75, 3.05) is 0 Å². The first-order valence-corrected chi connectivity index (χ1v) is 4.37. The third kappa shape index (κ3) is 1.09. The maximum absolute atomic E-state index is 3.24. The summed E-state index contributed by atoms with van der Waals surface area (Å²) in [5.41, 5.74) is 2.50. The van der Waals surface area contributed by atoms with Crippen molar-refractivity contribution in [3.8, 4) is 0 Å². The molecule has 0 atom stereocenters. The molecule has 1 aromatic carbocycles. The van der Waals surface area contributed by atoms with Crippen LogP contribution in [-0.4, -0.2) is 4.98 Å². The van der Waals surface area contributed by atoms with Crippen molar-refractivity contribution in [1.82, 2.24) is 4.98 Å². The normalized spacial score (nSPS) is 10.8. The van der Waals surface area contributed by atoms with Crippen LogP contribution in [0.4, 0.5) is 0 Å². The van der Waals surface area contributed by atoms with Gasteiger partial charge in [0.2, 0.25) is 6.33 Å². The molecular formula is C10H13N2+. The second-order valence-corrected chi connectivity index (χ2v) is 2.98. The molecule has 0 aliphatic carbocycles. The third-order valence-corrected chi connectivity index (χ3v) is 2.05. The van der Waals surface area contributed by atoms with E-state index in [0.717, 1.165) is 6.54 Å². The quantitative estimate of drug-likeness (QED) is 0.649. The Morgan fingerprint density at radius 1 is 1.33 bits per heavy atom. The number of imidazole rings is 1. The fourth-order valence-electron chi connectivity index (χ4n) is 1.49.